The molecule has 2 fully saturated rings. The van der Waals surface area contributed by atoms with E-state index in [0.717, 1.165) is 23.4 Å². The zero-order valence-corrected chi connectivity index (χ0v) is 20.2. The number of carbonyl (C=O) groups excluding carboxylic acids is 1. The van der Waals surface area contributed by atoms with Gasteiger partial charge in [-0.1, -0.05) is 0 Å². The van der Waals surface area contributed by atoms with Gasteiger partial charge in [0.2, 0.25) is 0 Å². The molecule has 0 saturated carbocycles. The number of nitrogens with one attached hydrogen (secondary N) is 3. The average Bonchev–Trinajstić information content (AvgIpc) is 2.84. The number of aryl methyl sites for hydroxylation is 1. The van der Waals surface area contributed by atoms with Crippen LogP contribution in [-0.2, 0) is 0 Å². The van der Waals surface area contributed by atoms with Crippen molar-refractivity contribution in [3.63, 3.8) is 0 Å². The van der Waals surface area contributed by atoms with Gasteiger partial charge >= 0.3 is 0 Å². The predicted molar refractivity (Wildman–Crippen MR) is 137 cm³/mol. The second kappa shape index (κ2) is 10.3. The number of benzene rings is 2. The third kappa shape index (κ3) is 5.26. The van der Waals surface area contributed by atoms with E-state index in [0.29, 0.717) is 63.7 Å². The molecule has 2 aliphatic rings. The maximum Gasteiger partial charge on any atom is 0.261 e. The van der Waals surface area contributed by atoms with Crippen LogP contribution in [0, 0.1) is 29.4 Å². The molecule has 36 heavy (non-hydrogen) atoms. The van der Waals surface area contributed by atoms with Gasteiger partial charge in [0.1, 0.15) is 17.2 Å². The number of piperazine rings is 2. The molecule has 10 nitrogen and oxygen atoms in total. The highest BCUT2D eigenvalue weighted by Crippen LogP contribution is 2.27. The number of nitrogens with two attached hydrogens (primary N) is 2. The van der Waals surface area contributed by atoms with Gasteiger partial charge in [0.25, 0.3) is 5.91 Å². The van der Waals surface area contributed by atoms with Gasteiger partial charge in [0.15, 0.2) is 11.9 Å². The number of anilines is 3. The first-order chi connectivity index (χ1) is 17.1. The van der Waals surface area contributed by atoms with Crippen molar-refractivity contribution in [3.05, 3.63) is 53.1 Å². The topological polar surface area (TPSA) is 142 Å². The number of nitrogens with zero attached hydrogens (tertiary/aromatic N) is 4. The fourth-order valence-corrected chi connectivity index (χ4v) is 4.63. The van der Waals surface area contributed by atoms with Crippen molar-refractivity contribution >= 4 is 34.9 Å². The van der Waals surface area contributed by atoms with E-state index in [2.05, 4.69) is 10.2 Å². The highest BCUT2D eigenvalue weighted by atomic mass is 19.1. The summed E-state index contributed by atoms with van der Waals surface area (Å²) in [5.41, 5.74) is 13.1. The molecule has 0 bridgehead atoms. The third-order valence-electron chi connectivity index (χ3n) is 6.66. The van der Waals surface area contributed by atoms with Crippen LogP contribution in [0.15, 0.2) is 30.3 Å². The Hall–Kier alpha value is -4.09. The molecule has 2 saturated heterocycles. The summed E-state index contributed by atoms with van der Waals surface area (Å²) in [6.07, 6.45) is 0. The van der Waals surface area contributed by atoms with Crippen LogP contribution in [0.25, 0.3) is 0 Å². The summed E-state index contributed by atoms with van der Waals surface area (Å²) in [6, 6.07) is 7.66. The number of amides is 1. The lowest BCUT2D eigenvalue weighted by Gasteiger charge is -2.37. The normalized spacial score (nSPS) is 16.2. The summed E-state index contributed by atoms with van der Waals surface area (Å²) in [4.78, 5) is 20.2. The Kier molecular flexibility index (Phi) is 7.13. The number of hydrogen-bond acceptors (Lipinski definition) is 5. The van der Waals surface area contributed by atoms with Gasteiger partial charge in [-0.3, -0.25) is 15.6 Å². The van der Waals surface area contributed by atoms with Crippen LogP contribution in [-0.4, -0.2) is 80.0 Å². The Bertz CT molecular complexity index is 1150. The van der Waals surface area contributed by atoms with Crippen LogP contribution >= 0.6 is 0 Å². The Labute approximate surface area is 208 Å². The molecule has 2 aromatic rings. The summed E-state index contributed by atoms with van der Waals surface area (Å²) in [5, 5.41) is 17.7. The lowest BCUT2D eigenvalue weighted by Crippen LogP contribution is -2.51. The van der Waals surface area contributed by atoms with Crippen molar-refractivity contribution in [3.8, 4) is 0 Å². The highest BCUT2D eigenvalue weighted by molar-refractivity contribution is 6.05. The molecule has 7 N–H and O–H groups in total. The summed E-state index contributed by atoms with van der Waals surface area (Å²) >= 11 is 0. The fraction of sp³-hybridized carbons (Fsp3) is 0.375. The molecule has 2 heterocycles. The predicted octanol–water partition coefficient (Wildman–Crippen LogP) is 1.56. The van der Waals surface area contributed by atoms with E-state index in [4.69, 9.17) is 22.3 Å². The molecule has 0 aliphatic carbocycles. The minimum Gasteiger partial charge on any atom is -0.370 e. The van der Waals surface area contributed by atoms with E-state index in [-0.39, 0.29) is 11.9 Å². The van der Waals surface area contributed by atoms with Gasteiger partial charge in [-0.25, -0.2) is 8.78 Å². The average molecular weight is 500 g/mol. The second-order valence-electron chi connectivity index (χ2n) is 8.96. The van der Waals surface area contributed by atoms with Crippen LogP contribution < -0.4 is 26.6 Å². The van der Waals surface area contributed by atoms with E-state index >= 15 is 0 Å². The van der Waals surface area contributed by atoms with Gasteiger partial charge in [-0.05, 0) is 42.8 Å². The maximum atomic E-state index is 14.9. The molecule has 0 radical (unpaired) electrons. The zero-order chi connectivity index (χ0) is 26.0. The van der Waals surface area contributed by atoms with Crippen LogP contribution in [0.5, 0.6) is 0 Å². The fourth-order valence-electron chi connectivity index (χ4n) is 4.63. The lowest BCUT2D eigenvalue weighted by atomic mass is 10.1. The van der Waals surface area contributed by atoms with Crippen LogP contribution in [0.2, 0.25) is 0 Å². The molecule has 0 unspecified atom stereocenters. The molecule has 2 aromatic carbocycles. The summed E-state index contributed by atoms with van der Waals surface area (Å²) in [7, 11) is 0. The van der Waals surface area contributed by atoms with Gasteiger partial charge < -0.3 is 36.4 Å². The number of rotatable bonds is 4. The Morgan fingerprint density at radius 2 is 1.33 bits per heavy atom. The number of hydrogen-bond donors (Lipinski definition) is 5. The molecule has 12 heteroatoms. The van der Waals surface area contributed by atoms with Crippen LogP contribution in [0.3, 0.4) is 0 Å². The first-order valence-corrected chi connectivity index (χ1v) is 11.7. The molecular formula is C24H31F2N9O. The summed E-state index contributed by atoms with van der Waals surface area (Å²) < 4.78 is 29.7. The number of carbonyl (C=O) groups is 1. The van der Waals surface area contributed by atoms with Crippen molar-refractivity contribution in [1.82, 2.24) is 9.80 Å². The van der Waals surface area contributed by atoms with E-state index < -0.39 is 23.1 Å². The number of guanidine groups is 2. The lowest BCUT2D eigenvalue weighted by molar-refractivity contribution is 0.101. The van der Waals surface area contributed by atoms with E-state index in [1.807, 2.05) is 13.0 Å². The van der Waals surface area contributed by atoms with Crippen molar-refractivity contribution < 1.29 is 13.6 Å². The SMILES string of the molecule is Cc1cc(NC(=O)c2c(F)cc(N3CCN(C(=N)N)CC3)cc2F)ccc1N1CCN(C(=N)N)CC1. The molecule has 4 rings (SSSR count). The van der Waals surface area contributed by atoms with Crippen molar-refractivity contribution in [1.29, 1.82) is 10.8 Å². The maximum absolute atomic E-state index is 14.9. The summed E-state index contributed by atoms with van der Waals surface area (Å²) in [6.45, 7) is 6.48. The highest BCUT2D eigenvalue weighted by Gasteiger charge is 2.24. The molecule has 1 amide bonds. The largest absolute Gasteiger partial charge is 0.370 e. The Balaban J connectivity index is 1.43. The Morgan fingerprint density at radius 3 is 1.81 bits per heavy atom. The van der Waals surface area contributed by atoms with E-state index in [1.165, 1.54) is 0 Å². The smallest absolute Gasteiger partial charge is 0.261 e. The first kappa shape index (κ1) is 25.0. The van der Waals surface area contributed by atoms with Crippen molar-refractivity contribution in [2.24, 2.45) is 11.5 Å². The monoisotopic (exact) mass is 499 g/mol. The molecule has 0 aromatic heterocycles. The minimum atomic E-state index is -0.937. The number of halogens is 2. The Morgan fingerprint density at radius 1 is 0.833 bits per heavy atom. The quantitative estimate of drug-likeness (QED) is 0.317. The molecule has 0 spiro atoms. The minimum absolute atomic E-state index is 0.0298. The zero-order valence-electron chi connectivity index (χ0n) is 20.2. The van der Waals surface area contributed by atoms with E-state index in [1.54, 1.807) is 26.8 Å². The second-order valence-corrected chi connectivity index (χ2v) is 8.96. The summed E-state index contributed by atoms with van der Waals surface area (Å²) in [5.74, 6) is -2.70. The first-order valence-electron chi connectivity index (χ1n) is 11.7. The molecule has 2 aliphatic heterocycles. The van der Waals surface area contributed by atoms with Crippen LogP contribution in [0.1, 0.15) is 15.9 Å². The van der Waals surface area contributed by atoms with Crippen molar-refractivity contribution in [2.75, 3.05) is 67.5 Å². The third-order valence-corrected chi connectivity index (χ3v) is 6.66. The van der Waals surface area contributed by atoms with Crippen LogP contribution in [0.4, 0.5) is 25.8 Å². The van der Waals surface area contributed by atoms with Gasteiger partial charge in [-0.15, -0.1) is 0 Å². The standard InChI is InChI=1S/C24H31F2N9O/c1-15-12-16(2-3-20(15)33-6-10-35(11-7-33)24(29)30)31-22(36)21-18(25)13-17(14-19(21)26)32-4-8-34(9-5-32)23(27)28/h2-3,12-14H,4-11H2,1H3,(H3,27,28)(H3,29,30)(H,31,36). The molecule has 0 atom stereocenters. The molecular weight excluding hydrogens is 468 g/mol. The van der Waals surface area contributed by atoms with Gasteiger partial charge in [0.05, 0.1) is 0 Å². The van der Waals surface area contributed by atoms with Gasteiger partial charge in [-0.2, -0.15) is 0 Å². The molecule has 192 valence electrons. The van der Waals surface area contributed by atoms with E-state index in [9.17, 15) is 13.6 Å². The van der Waals surface area contributed by atoms with Gasteiger partial charge in [0, 0.05) is 69.4 Å². The van der Waals surface area contributed by atoms with Crippen molar-refractivity contribution in [2.45, 2.75) is 6.92 Å².